The number of ether oxygens (including phenoxy) is 1. The van der Waals surface area contributed by atoms with Crippen LogP contribution in [0.4, 0.5) is 0 Å². The van der Waals surface area contributed by atoms with Crippen molar-refractivity contribution in [1.29, 1.82) is 0 Å². The predicted octanol–water partition coefficient (Wildman–Crippen LogP) is 6.02. The number of hydrogen-bond donors (Lipinski definition) is 0. The molecular weight excluding hydrogens is 339 g/mol. The van der Waals surface area contributed by atoms with E-state index in [1.165, 1.54) is 0 Å². The number of benzene rings is 2. The highest BCUT2D eigenvalue weighted by molar-refractivity contribution is 8.14. The third-order valence-electron chi connectivity index (χ3n) is 2.92. The van der Waals surface area contributed by atoms with Crippen molar-refractivity contribution in [3.8, 4) is 5.75 Å². The van der Waals surface area contributed by atoms with Gasteiger partial charge < -0.3 is 4.74 Å². The van der Waals surface area contributed by atoms with Crippen molar-refractivity contribution < 1.29 is 9.53 Å². The summed E-state index contributed by atoms with van der Waals surface area (Å²) in [5.41, 5.74) is 1.62. The molecule has 0 aliphatic rings. The second kappa shape index (κ2) is 7.91. The quantitative estimate of drug-likeness (QED) is 0.613. The number of thioether (sulfide) groups is 1. The summed E-state index contributed by atoms with van der Waals surface area (Å²) in [6, 6.07) is 11.0. The van der Waals surface area contributed by atoms with E-state index in [0.717, 1.165) is 28.6 Å². The molecule has 0 aromatic heterocycles. The SMILES string of the molecule is CCCOc1c(Cl)cc(C(=O)Sc2ccc(C)cc2)cc1Cl. The van der Waals surface area contributed by atoms with Crippen molar-refractivity contribution in [2.45, 2.75) is 25.2 Å². The zero-order valence-electron chi connectivity index (χ0n) is 12.4. The highest BCUT2D eigenvalue weighted by Gasteiger charge is 2.15. The van der Waals surface area contributed by atoms with Gasteiger partial charge in [0, 0.05) is 10.5 Å². The van der Waals surface area contributed by atoms with Gasteiger partial charge in [0.1, 0.15) is 0 Å². The number of aryl methyl sites for hydroxylation is 1. The van der Waals surface area contributed by atoms with Crippen molar-refractivity contribution in [3.05, 3.63) is 57.6 Å². The Hall–Kier alpha value is -1.16. The molecule has 116 valence electrons. The molecule has 0 saturated carbocycles. The first-order valence-electron chi connectivity index (χ1n) is 6.92. The topological polar surface area (TPSA) is 26.3 Å². The van der Waals surface area contributed by atoms with Gasteiger partial charge in [-0.1, -0.05) is 47.8 Å². The molecule has 0 aliphatic carbocycles. The van der Waals surface area contributed by atoms with Crippen LogP contribution in [0.2, 0.25) is 10.0 Å². The summed E-state index contributed by atoms with van der Waals surface area (Å²) in [5.74, 6) is 0.432. The molecule has 0 saturated heterocycles. The van der Waals surface area contributed by atoms with Gasteiger partial charge in [0.15, 0.2) is 5.75 Å². The highest BCUT2D eigenvalue weighted by Crippen LogP contribution is 2.36. The molecule has 2 nitrogen and oxygen atoms in total. The van der Waals surface area contributed by atoms with Crippen LogP contribution in [0.1, 0.15) is 29.3 Å². The van der Waals surface area contributed by atoms with E-state index in [4.69, 9.17) is 27.9 Å². The summed E-state index contributed by atoms with van der Waals surface area (Å²) in [4.78, 5) is 13.2. The van der Waals surface area contributed by atoms with Crippen LogP contribution in [0.25, 0.3) is 0 Å². The van der Waals surface area contributed by atoms with E-state index in [0.29, 0.717) is 28.0 Å². The Bertz CT molecular complexity index is 646. The van der Waals surface area contributed by atoms with Crippen LogP contribution >= 0.6 is 35.0 Å². The van der Waals surface area contributed by atoms with Crippen molar-refractivity contribution in [1.82, 2.24) is 0 Å². The van der Waals surface area contributed by atoms with E-state index in [9.17, 15) is 4.79 Å². The molecule has 0 spiro atoms. The predicted molar refractivity (Wildman–Crippen MR) is 93.6 cm³/mol. The van der Waals surface area contributed by atoms with Crippen LogP contribution in [0.5, 0.6) is 5.75 Å². The number of carbonyl (C=O) groups excluding carboxylic acids is 1. The number of carbonyl (C=O) groups is 1. The Kier molecular flexibility index (Phi) is 6.18. The number of rotatable bonds is 5. The lowest BCUT2D eigenvalue weighted by Gasteiger charge is -2.10. The molecule has 2 aromatic carbocycles. The number of hydrogen-bond acceptors (Lipinski definition) is 3. The van der Waals surface area contributed by atoms with E-state index in [-0.39, 0.29) is 5.12 Å². The van der Waals surface area contributed by atoms with Gasteiger partial charge in [-0.25, -0.2) is 0 Å². The molecule has 22 heavy (non-hydrogen) atoms. The van der Waals surface area contributed by atoms with Gasteiger partial charge in [-0.3, -0.25) is 4.79 Å². The van der Waals surface area contributed by atoms with E-state index in [2.05, 4.69) is 0 Å². The van der Waals surface area contributed by atoms with Gasteiger partial charge in [0.25, 0.3) is 0 Å². The van der Waals surface area contributed by atoms with Crippen molar-refractivity contribution in [2.75, 3.05) is 6.61 Å². The summed E-state index contributed by atoms with van der Waals surface area (Å²) in [6.45, 7) is 4.54. The second-order valence-electron chi connectivity index (χ2n) is 4.82. The van der Waals surface area contributed by atoms with E-state index < -0.39 is 0 Å². The van der Waals surface area contributed by atoms with Gasteiger partial charge in [-0.2, -0.15) is 0 Å². The molecule has 0 heterocycles. The van der Waals surface area contributed by atoms with Crippen LogP contribution in [0.3, 0.4) is 0 Å². The minimum Gasteiger partial charge on any atom is -0.490 e. The van der Waals surface area contributed by atoms with Crippen LogP contribution in [0.15, 0.2) is 41.3 Å². The Morgan fingerprint density at radius 2 is 1.73 bits per heavy atom. The Balaban J connectivity index is 2.18. The van der Waals surface area contributed by atoms with Crippen molar-refractivity contribution in [3.63, 3.8) is 0 Å². The van der Waals surface area contributed by atoms with Gasteiger partial charge in [0.05, 0.1) is 16.7 Å². The molecule has 0 amide bonds. The fraction of sp³-hybridized carbons (Fsp3) is 0.235. The van der Waals surface area contributed by atoms with Gasteiger partial charge in [-0.15, -0.1) is 0 Å². The Labute approximate surface area is 144 Å². The standard InChI is InChI=1S/C17H16Cl2O2S/c1-3-8-21-16-14(18)9-12(10-15(16)19)17(20)22-13-6-4-11(2)5-7-13/h4-7,9-10H,3,8H2,1-2H3. The zero-order valence-corrected chi connectivity index (χ0v) is 14.7. The lowest BCUT2D eigenvalue weighted by atomic mass is 10.2. The fourth-order valence-electron chi connectivity index (χ4n) is 1.79. The van der Waals surface area contributed by atoms with Gasteiger partial charge in [0.2, 0.25) is 5.12 Å². The van der Waals surface area contributed by atoms with Crippen LogP contribution in [0, 0.1) is 6.92 Å². The van der Waals surface area contributed by atoms with Crippen molar-refractivity contribution in [2.24, 2.45) is 0 Å². The summed E-state index contributed by atoms with van der Waals surface area (Å²) in [6.07, 6.45) is 0.858. The molecule has 0 radical (unpaired) electrons. The first-order valence-corrected chi connectivity index (χ1v) is 8.49. The molecular formula is C17H16Cl2O2S. The average Bonchev–Trinajstić information content (AvgIpc) is 2.48. The average molecular weight is 355 g/mol. The summed E-state index contributed by atoms with van der Waals surface area (Å²) >= 11 is 13.5. The molecule has 0 fully saturated rings. The first kappa shape index (κ1) is 17.2. The minimum atomic E-state index is -0.102. The maximum Gasteiger partial charge on any atom is 0.224 e. The minimum absolute atomic E-state index is 0.102. The van der Waals surface area contributed by atoms with Crippen molar-refractivity contribution >= 4 is 40.1 Å². The largest absolute Gasteiger partial charge is 0.490 e. The second-order valence-corrected chi connectivity index (χ2v) is 6.68. The van der Waals surface area contributed by atoms with Gasteiger partial charge >= 0.3 is 0 Å². The molecule has 2 rings (SSSR count). The monoisotopic (exact) mass is 354 g/mol. The van der Waals surface area contributed by atoms with Crippen LogP contribution < -0.4 is 4.74 Å². The van der Waals surface area contributed by atoms with E-state index in [1.54, 1.807) is 12.1 Å². The van der Waals surface area contributed by atoms with Crippen LogP contribution in [-0.4, -0.2) is 11.7 Å². The molecule has 0 atom stereocenters. The summed E-state index contributed by atoms with van der Waals surface area (Å²) in [5, 5.41) is 0.609. The summed E-state index contributed by atoms with van der Waals surface area (Å²) < 4.78 is 5.50. The number of halogens is 2. The van der Waals surface area contributed by atoms with Crippen LogP contribution in [-0.2, 0) is 0 Å². The molecule has 2 aromatic rings. The highest BCUT2D eigenvalue weighted by atomic mass is 35.5. The molecule has 0 N–H and O–H groups in total. The Morgan fingerprint density at radius 3 is 2.27 bits per heavy atom. The maximum atomic E-state index is 12.3. The third kappa shape index (κ3) is 4.42. The zero-order chi connectivity index (χ0) is 16.1. The molecule has 5 heteroatoms. The normalized spacial score (nSPS) is 10.5. The summed E-state index contributed by atoms with van der Waals surface area (Å²) in [7, 11) is 0. The maximum absolute atomic E-state index is 12.3. The fourth-order valence-corrected chi connectivity index (χ4v) is 3.11. The molecule has 0 bridgehead atoms. The lowest BCUT2D eigenvalue weighted by molar-refractivity contribution is 0.108. The Morgan fingerprint density at radius 1 is 1.14 bits per heavy atom. The first-order chi connectivity index (χ1) is 10.5. The molecule has 0 unspecified atom stereocenters. The molecule has 0 aliphatic heterocycles. The van der Waals surface area contributed by atoms with E-state index >= 15 is 0 Å². The third-order valence-corrected chi connectivity index (χ3v) is 4.41. The lowest BCUT2D eigenvalue weighted by Crippen LogP contribution is -1.99. The smallest absolute Gasteiger partial charge is 0.224 e. The van der Waals surface area contributed by atoms with E-state index in [1.807, 2.05) is 38.1 Å². The van der Waals surface area contributed by atoms with Gasteiger partial charge in [-0.05, 0) is 49.4 Å².